The largest absolute Gasteiger partial charge is 0.349 e. The average Bonchev–Trinajstić information content (AvgIpc) is 2.42. The van der Waals surface area contributed by atoms with Crippen LogP contribution >= 0.6 is 15.9 Å². The first-order chi connectivity index (χ1) is 9.11. The molecule has 0 aliphatic heterocycles. The number of benzene rings is 1. The zero-order chi connectivity index (χ0) is 13.8. The van der Waals surface area contributed by atoms with Gasteiger partial charge in [0.2, 0.25) is 0 Å². The third-order valence-electron chi connectivity index (χ3n) is 3.98. The summed E-state index contributed by atoms with van der Waals surface area (Å²) in [5, 5.41) is 6.47. The highest BCUT2D eigenvalue weighted by molar-refractivity contribution is 9.10. The van der Waals surface area contributed by atoms with Gasteiger partial charge in [0.1, 0.15) is 0 Å². The molecule has 1 fully saturated rings. The van der Waals surface area contributed by atoms with Gasteiger partial charge in [-0.3, -0.25) is 4.79 Å². The Labute approximate surface area is 123 Å². The molecule has 0 heterocycles. The number of carbonyl (C=O) groups excluding carboxylic acids is 1. The monoisotopic (exact) mass is 324 g/mol. The lowest BCUT2D eigenvalue weighted by molar-refractivity contribution is 0.0924. The molecule has 1 amide bonds. The van der Waals surface area contributed by atoms with Crippen molar-refractivity contribution in [3.05, 3.63) is 33.8 Å². The second-order valence-electron chi connectivity index (χ2n) is 5.22. The number of carbonyl (C=O) groups is 1. The van der Waals surface area contributed by atoms with Crippen molar-refractivity contribution >= 4 is 21.8 Å². The molecule has 1 aromatic rings. The van der Waals surface area contributed by atoms with E-state index in [1.54, 1.807) is 0 Å². The van der Waals surface area contributed by atoms with Gasteiger partial charge in [-0.25, -0.2) is 0 Å². The van der Waals surface area contributed by atoms with Crippen molar-refractivity contribution < 1.29 is 4.79 Å². The summed E-state index contributed by atoms with van der Waals surface area (Å²) >= 11 is 3.47. The number of hydrogen-bond donors (Lipinski definition) is 2. The van der Waals surface area contributed by atoms with Gasteiger partial charge in [-0.05, 0) is 57.4 Å². The van der Waals surface area contributed by atoms with Crippen molar-refractivity contribution in [3.8, 4) is 0 Å². The maximum absolute atomic E-state index is 12.3. The van der Waals surface area contributed by atoms with Gasteiger partial charge >= 0.3 is 0 Å². The van der Waals surface area contributed by atoms with Crippen LogP contribution in [0.15, 0.2) is 22.7 Å². The lowest BCUT2D eigenvalue weighted by Gasteiger charge is -2.29. The van der Waals surface area contributed by atoms with Gasteiger partial charge in [-0.2, -0.15) is 0 Å². The Balaban J connectivity index is 1.96. The minimum atomic E-state index is 0.0479. The van der Waals surface area contributed by atoms with E-state index in [-0.39, 0.29) is 5.91 Å². The molecule has 1 aliphatic carbocycles. The fraction of sp³-hybridized carbons (Fsp3) is 0.533. The molecule has 0 radical (unpaired) electrons. The lowest BCUT2D eigenvalue weighted by Crippen LogP contribution is -2.41. The van der Waals surface area contributed by atoms with Gasteiger partial charge in [-0.15, -0.1) is 0 Å². The summed E-state index contributed by atoms with van der Waals surface area (Å²) in [5.74, 6) is 0.0479. The highest BCUT2D eigenvalue weighted by Crippen LogP contribution is 2.21. The van der Waals surface area contributed by atoms with E-state index in [1.165, 1.54) is 0 Å². The Kier molecular flexibility index (Phi) is 4.99. The van der Waals surface area contributed by atoms with E-state index in [4.69, 9.17) is 0 Å². The van der Waals surface area contributed by atoms with E-state index >= 15 is 0 Å². The maximum Gasteiger partial charge on any atom is 0.251 e. The SMILES string of the molecule is CNC1CCC(NC(=O)c2cccc(Br)c2C)CC1. The predicted octanol–water partition coefficient (Wildman–Crippen LogP) is 3.02. The standard InChI is InChI=1S/C15H21BrN2O/c1-10-13(4-3-5-14(10)16)15(19)18-12-8-6-11(17-2)7-9-12/h3-5,11-12,17H,6-9H2,1-2H3,(H,18,19). The highest BCUT2D eigenvalue weighted by atomic mass is 79.9. The molecule has 1 saturated carbocycles. The maximum atomic E-state index is 12.3. The van der Waals surface area contributed by atoms with E-state index in [9.17, 15) is 4.79 Å². The molecule has 104 valence electrons. The van der Waals surface area contributed by atoms with Crippen LogP contribution < -0.4 is 10.6 Å². The van der Waals surface area contributed by atoms with Crippen LogP contribution in [0, 0.1) is 6.92 Å². The molecule has 1 aromatic carbocycles. The zero-order valence-electron chi connectivity index (χ0n) is 11.5. The van der Waals surface area contributed by atoms with Crippen LogP contribution in [0.4, 0.5) is 0 Å². The number of amides is 1. The predicted molar refractivity (Wildman–Crippen MR) is 81.4 cm³/mol. The Morgan fingerprint density at radius 2 is 1.84 bits per heavy atom. The molecule has 3 nitrogen and oxygen atoms in total. The second kappa shape index (κ2) is 6.53. The van der Waals surface area contributed by atoms with Gasteiger partial charge in [0.25, 0.3) is 5.91 Å². The van der Waals surface area contributed by atoms with Gasteiger partial charge in [-0.1, -0.05) is 22.0 Å². The second-order valence-corrected chi connectivity index (χ2v) is 6.08. The van der Waals surface area contributed by atoms with Crippen molar-refractivity contribution in [1.82, 2.24) is 10.6 Å². The van der Waals surface area contributed by atoms with Crippen LogP contribution in [-0.4, -0.2) is 25.0 Å². The van der Waals surface area contributed by atoms with E-state index in [0.29, 0.717) is 12.1 Å². The summed E-state index contributed by atoms with van der Waals surface area (Å²) in [6, 6.07) is 6.68. The first kappa shape index (κ1) is 14.5. The number of nitrogens with one attached hydrogen (secondary N) is 2. The van der Waals surface area contributed by atoms with Crippen LogP contribution in [-0.2, 0) is 0 Å². The minimum Gasteiger partial charge on any atom is -0.349 e. The summed E-state index contributed by atoms with van der Waals surface area (Å²) in [4.78, 5) is 12.3. The number of halogens is 1. The normalized spacial score (nSPS) is 23.1. The van der Waals surface area contributed by atoms with E-state index < -0.39 is 0 Å². The molecule has 0 atom stereocenters. The summed E-state index contributed by atoms with van der Waals surface area (Å²) in [6.45, 7) is 1.97. The average molecular weight is 325 g/mol. The summed E-state index contributed by atoms with van der Waals surface area (Å²) < 4.78 is 0.985. The summed E-state index contributed by atoms with van der Waals surface area (Å²) in [6.07, 6.45) is 4.40. The molecule has 4 heteroatoms. The van der Waals surface area contributed by atoms with Crippen molar-refractivity contribution in [3.63, 3.8) is 0 Å². The number of rotatable bonds is 3. The topological polar surface area (TPSA) is 41.1 Å². The van der Waals surface area contributed by atoms with Gasteiger partial charge in [0.15, 0.2) is 0 Å². The molecule has 2 N–H and O–H groups in total. The van der Waals surface area contributed by atoms with Crippen molar-refractivity contribution in [1.29, 1.82) is 0 Å². The number of hydrogen-bond acceptors (Lipinski definition) is 2. The zero-order valence-corrected chi connectivity index (χ0v) is 13.1. The lowest BCUT2D eigenvalue weighted by atomic mass is 9.91. The van der Waals surface area contributed by atoms with E-state index in [1.807, 2.05) is 32.2 Å². The van der Waals surface area contributed by atoms with E-state index in [2.05, 4.69) is 26.6 Å². The van der Waals surface area contributed by atoms with Crippen molar-refractivity contribution in [2.24, 2.45) is 0 Å². The van der Waals surface area contributed by atoms with Gasteiger partial charge < -0.3 is 10.6 Å². The Morgan fingerprint density at radius 3 is 2.47 bits per heavy atom. The first-order valence-electron chi connectivity index (χ1n) is 6.85. The Morgan fingerprint density at radius 1 is 1.21 bits per heavy atom. The Hall–Kier alpha value is -0.870. The Bertz CT molecular complexity index is 453. The van der Waals surface area contributed by atoms with Crippen LogP contribution in [0.5, 0.6) is 0 Å². The van der Waals surface area contributed by atoms with Gasteiger partial charge in [0, 0.05) is 22.1 Å². The molecule has 2 rings (SSSR count). The van der Waals surface area contributed by atoms with Gasteiger partial charge in [0.05, 0.1) is 0 Å². The minimum absolute atomic E-state index is 0.0479. The van der Waals surface area contributed by atoms with Crippen molar-refractivity contribution in [2.45, 2.75) is 44.7 Å². The van der Waals surface area contributed by atoms with Crippen LogP contribution in [0.25, 0.3) is 0 Å². The first-order valence-corrected chi connectivity index (χ1v) is 7.64. The fourth-order valence-electron chi connectivity index (χ4n) is 2.64. The molecule has 1 aliphatic rings. The summed E-state index contributed by atoms with van der Waals surface area (Å²) in [5.41, 5.74) is 1.77. The van der Waals surface area contributed by atoms with E-state index in [0.717, 1.165) is 41.3 Å². The molecular formula is C15H21BrN2O. The molecule has 0 aromatic heterocycles. The molecule has 19 heavy (non-hydrogen) atoms. The third kappa shape index (κ3) is 3.57. The third-order valence-corrected chi connectivity index (χ3v) is 4.84. The molecule has 0 bridgehead atoms. The highest BCUT2D eigenvalue weighted by Gasteiger charge is 2.22. The quantitative estimate of drug-likeness (QED) is 0.897. The molecule has 0 unspecified atom stereocenters. The van der Waals surface area contributed by atoms with Crippen LogP contribution in [0.1, 0.15) is 41.6 Å². The smallest absolute Gasteiger partial charge is 0.251 e. The van der Waals surface area contributed by atoms with Crippen LogP contribution in [0.2, 0.25) is 0 Å². The summed E-state index contributed by atoms with van der Waals surface area (Å²) in [7, 11) is 2.01. The van der Waals surface area contributed by atoms with Crippen LogP contribution in [0.3, 0.4) is 0 Å². The molecule has 0 spiro atoms. The molecule has 0 saturated heterocycles. The molecular weight excluding hydrogens is 304 g/mol. The van der Waals surface area contributed by atoms with Crippen molar-refractivity contribution in [2.75, 3.05) is 7.05 Å². The fourth-order valence-corrected chi connectivity index (χ4v) is 3.01.